The number of rotatable bonds is 8. The summed E-state index contributed by atoms with van der Waals surface area (Å²) in [4.78, 5) is 55.9. The molecule has 4 aliphatic rings. The second-order valence-electron chi connectivity index (χ2n) is 14.4. The summed E-state index contributed by atoms with van der Waals surface area (Å²) in [6.45, 7) is 0.123. The number of carbonyl (C=O) groups is 4. The quantitative estimate of drug-likeness (QED) is 0.138. The zero-order valence-electron chi connectivity index (χ0n) is 28.9. The summed E-state index contributed by atoms with van der Waals surface area (Å²) >= 11 is 1.76. The van der Waals surface area contributed by atoms with Crippen LogP contribution in [0.25, 0.3) is 16.8 Å². The number of aliphatic hydroxyl groups excluding tert-OH is 1. The molecular formula is C44H37N3O5S. The van der Waals surface area contributed by atoms with Gasteiger partial charge in [0, 0.05) is 44.5 Å². The fraction of sp³-hybridized carbons (Fsp3) is 0.227. The van der Waals surface area contributed by atoms with Gasteiger partial charge in [0.25, 0.3) is 11.8 Å². The number of thioether (sulfide) groups is 1. The lowest BCUT2D eigenvalue weighted by Crippen LogP contribution is -2.34. The number of nitrogens with one attached hydrogen (secondary N) is 2. The van der Waals surface area contributed by atoms with Crippen LogP contribution in [-0.2, 0) is 13.0 Å². The van der Waals surface area contributed by atoms with Gasteiger partial charge >= 0.3 is 0 Å². The van der Waals surface area contributed by atoms with Gasteiger partial charge in [-0.2, -0.15) is 0 Å². The first kappa shape index (κ1) is 33.3. The van der Waals surface area contributed by atoms with E-state index in [4.69, 9.17) is 0 Å². The van der Waals surface area contributed by atoms with Gasteiger partial charge in [0.15, 0.2) is 18.3 Å². The van der Waals surface area contributed by atoms with Gasteiger partial charge in [-0.15, -0.1) is 11.8 Å². The van der Waals surface area contributed by atoms with E-state index in [-0.39, 0.29) is 35.8 Å². The number of anilines is 2. The zero-order valence-corrected chi connectivity index (χ0v) is 29.7. The van der Waals surface area contributed by atoms with Crippen molar-refractivity contribution in [3.8, 4) is 0 Å². The Morgan fingerprint density at radius 3 is 2.49 bits per heavy atom. The summed E-state index contributed by atoms with van der Waals surface area (Å²) in [5, 5.41) is 20.4. The third kappa shape index (κ3) is 5.94. The maximum atomic E-state index is 13.9. The zero-order chi connectivity index (χ0) is 36.2. The molecule has 9 rings (SSSR count). The van der Waals surface area contributed by atoms with E-state index in [2.05, 4.69) is 22.8 Å². The summed E-state index contributed by atoms with van der Waals surface area (Å²) < 4.78 is 0. The third-order valence-electron chi connectivity index (χ3n) is 11.2. The molecule has 0 spiro atoms. The van der Waals surface area contributed by atoms with Crippen LogP contribution in [0.1, 0.15) is 95.6 Å². The van der Waals surface area contributed by atoms with Gasteiger partial charge in [-0.3, -0.25) is 19.2 Å². The highest BCUT2D eigenvalue weighted by Gasteiger charge is 2.39. The van der Waals surface area contributed by atoms with Crippen LogP contribution in [0.2, 0.25) is 0 Å². The number of fused-ring (bicyclic) bond motifs is 4. The Labute approximate surface area is 311 Å². The Morgan fingerprint density at radius 1 is 0.925 bits per heavy atom. The van der Waals surface area contributed by atoms with Crippen LogP contribution >= 0.6 is 11.8 Å². The number of Topliss-reactive ketones (excluding diaryl/α,β-unsaturated/α-hetero) is 1. The Morgan fingerprint density at radius 2 is 1.70 bits per heavy atom. The van der Waals surface area contributed by atoms with Gasteiger partial charge in [0.1, 0.15) is 0 Å². The molecular weight excluding hydrogens is 683 g/mol. The molecule has 0 radical (unpaired) electrons. The lowest BCUT2D eigenvalue weighted by atomic mass is 9.89. The fourth-order valence-electron chi connectivity index (χ4n) is 8.40. The molecule has 3 unspecified atom stereocenters. The summed E-state index contributed by atoms with van der Waals surface area (Å²) in [5.41, 5.74) is 5.96. The first-order valence-electron chi connectivity index (χ1n) is 18.2. The summed E-state index contributed by atoms with van der Waals surface area (Å²) in [5.74, 6) is -0.999. The molecule has 2 amide bonds. The van der Waals surface area contributed by atoms with Crippen molar-refractivity contribution in [3.05, 3.63) is 142 Å². The Balaban J connectivity index is 1.04. The maximum Gasteiger partial charge on any atom is 0.256 e. The number of aldehydes is 1. The lowest BCUT2D eigenvalue weighted by Gasteiger charge is -2.30. The summed E-state index contributed by atoms with van der Waals surface area (Å²) in [6, 6.07) is 27.8. The molecule has 1 fully saturated rings. The Kier molecular flexibility index (Phi) is 8.48. The average Bonchev–Trinajstić information content (AvgIpc) is 3.88. The van der Waals surface area contributed by atoms with Crippen molar-refractivity contribution in [2.75, 3.05) is 10.6 Å². The second-order valence-corrected chi connectivity index (χ2v) is 15.7. The average molecular weight is 720 g/mol. The minimum atomic E-state index is -1.09. The third-order valence-corrected chi connectivity index (χ3v) is 12.5. The highest BCUT2D eigenvalue weighted by atomic mass is 32.2. The smallest absolute Gasteiger partial charge is 0.256 e. The number of amides is 2. The molecule has 2 aliphatic heterocycles. The van der Waals surface area contributed by atoms with Gasteiger partial charge in [-0.05, 0) is 77.6 Å². The van der Waals surface area contributed by atoms with Crippen molar-refractivity contribution in [2.24, 2.45) is 5.92 Å². The van der Waals surface area contributed by atoms with E-state index in [0.29, 0.717) is 39.7 Å². The molecule has 5 aromatic rings. The molecule has 53 heavy (non-hydrogen) atoms. The van der Waals surface area contributed by atoms with Crippen LogP contribution in [-0.4, -0.2) is 45.2 Å². The van der Waals surface area contributed by atoms with Crippen molar-refractivity contribution < 1.29 is 24.3 Å². The molecule has 3 N–H and O–H groups in total. The number of hydrogen-bond acceptors (Lipinski definition) is 7. The second kappa shape index (κ2) is 13.5. The number of hydrogen-bond donors (Lipinski definition) is 3. The van der Waals surface area contributed by atoms with Crippen LogP contribution in [0.15, 0.2) is 102 Å². The van der Waals surface area contributed by atoms with Crippen LogP contribution in [0.5, 0.6) is 0 Å². The van der Waals surface area contributed by atoms with E-state index < -0.39 is 12.1 Å². The molecule has 0 saturated heterocycles. The van der Waals surface area contributed by atoms with Gasteiger partial charge < -0.3 is 20.6 Å². The van der Waals surface area contributed by atoms with E-state index in [1.807, 2.05) is 48.6 Å². The number of aliphatic hydroxyl groups is 1. The molecule has 0 bridgehead atoms. The molecule has 8 nitrogen and oxygen atoms in total. The lowest BCUT2D eigenvalue weighted by molar-refractivity contribution is 0.0137. The van der Waals surface area contributed by atoms with Gasteiger partial charge in [-0.1, -0.05) is 79.6 Å². The van der Waals surface area contributed by atoms with Crippen LogP contribution in [0.3, 0.4) is 0 Å². The van der Waals surface area contributed by atoms with E-state index in [1.165, 1.54) is 17.7 Å². The fourth-order valence-corrected chi connectivity index (χ4v) is 9.70. The normalized spacial score (nSPS) is 20.3. The summed E-state index contributed by atoms with van der Waals surface area (Å²) in [6.07, 6.45) is 8.86. The Bertz CT molecular complexity index is 2380. The number of ketones is 1. The van der Waals surface area contributed by atoms with Crippen molar-refractivity contribution in [3.63, 3.8) is 0 Å². The van der Waals surface area contributed by atoms with E-state index in [0.717, 1.165) is 57.0 Å². The topological polar surface area (TPSA) is 116 Å². The largest absolute Gasteiger partial charge is 0.376 e. The highest BCUT2D eigenvalue weighted by Crippen LogP contribution is 2.42. The predicted octanol–water partition coefficient (Wildman–Crippen LogP) is 8.45. The summed E-state index contributed by atoms with van der Waals surface area (Å²) in [7, 11) is 0. The van der Waals surface area contributed by atoms with Crippen molar-refractivity contribution in [1.29, 1.82) is 0 Å². The number of benzene rings is 5. The minimum absolute atomic E-state index is 0.0628. The van der Waals surface area contributed by atoms with Gasteiger partial charge in [-0.25, -0.2) is 0 Å². The number of nitrogens with zero attached hydrogens (tertiary/aromatic N) is 1. The SMILES string of the molecule is O=Cc1cc(SC2CCCC2)ccc1C(=O)Nc1ccc(CN2C(=O)c3ccccc3C2O)c2c1NC(C1Cc3cc4ccccc4cc3C1=O)C=C2. The minimum Gasteiger partial charge on any atom is -0.376 e. The molecule has 2 heterocycles. The monoisotopic (exact) mass is 719 g/mol. The molecule has 2 aliphatic carbocycles. The first-order valence-corrected chi connectivity index (χ1v) is 19.1. The molecule has 264 valence electrons. The Hall–Kier alpha value is -5.51. The van der Waals surface area contributed by atoms with E-state index in [1.54, 1.807) is 54.2 Å². The van der Waals surface area contributed by atoms with Crippen LogP contribution in [0, 0.1) is 5.92 Å². The van der Waals surface area contributed by atoms with Crippen LogP contribution in [0.4, 0.5) is 11.4 Å². The maximum absolute atomic E-state index is 13.9. The first-order chi connectivity index (χ1) is 25.9. The standard InChI is InChI=1S/C44H37N3O5S/c48-24-29-20-31(53-30-9-3-4-10-30)14-15-33(29)42(50)46-39-17-13-27(23-47-43(51)34-11-5-6-12-35(34)44(47)52)32-16-18-38(45-40(32)39)37-22-28-19-25-7-1-2-8-26(25)21-36(28)41(37)49/h1-2,5-8,11-21,24,30,37-38,43,45,51H,3-4,9-10,22-23H2,(H,46,50). The number of carbonyl (C=O) groups excluding carboxylic acids is 4. The predicted molar refractivity (Wildman–Crippen MR) is 208 cm³/mol. The van der Waals surface area contributed by atoms with Crippen molar-refractivity contribution in [1.82, 2.24) is 4.90 Å². The van der Waals surface area contributed by atoms with Crippen LogP contribution < -0.4 is 10.6 Å². The van der Waals surface area contributed by atoms with Gasteiger partial charge in [0.2, 0.25) is 0 Å². The molecule has 5 aromatic carbocycles. The van der Waals surface area contributed by atoms with Crippen molar-refractivity contribution >= 4 is 63.9 Å². The van der Waals surface area contributed by atoms with E-state index in [9.17, 15) is 24.3 Å². The molecule has 1 saturated carbocycles. The molecule has 9 heteroatoms. The molecule has 0 aromatic heterocycles. The highest BCUT2D eigenvalue weighted by molar-refractivity contribution is 8.00. The van der Waals surface area contributed by atoms with Gasteiger partial charge in [0.05, 0.1) is 28.9 Å². The van der Waals surface area contributed by atoms with Crippen molar-refractivity contribution in [2.45, 2.75) is 61.1 Å². The molecule has 3 atom stereocenters. The van der Waals surface area contributed by atoms with E-state index >= 15 is 0 Å².